The Morgan fingerprint density at radius 1 is 1.25 bits per heavy atom. The van der Waals surface area contributed by atoms with Gasteiger partial charge in [0.15, 0.2) is 0 Å². The van der Waals surface area contributed by atoms with E-state index in [2.05, 4.69) is 21.2 Å². The third-order valence-corrected chi connectivity index (χ3v) is 3.77. The number of hydrogen-bond acceptors (Lipinski definition) is 3. The minimum absolute atomic E-state index is 0.274. The van der Waals surface area contributed by atoms with E-state index < -0.39 is 0 Å². The van der Waals surface area contributed by atoms with Crippen molar-refractivity contribution >= 4 is 21.6 Å². The summed E-state index contributed by atoms with van der Waals surface area (Å²) in [7, 11) is 3.11. The molecule has 0 saturated heterocycles. The van der Waals surface area contributed by atoms with E-state index in [-0.39, 0.29) is 11.2 Å². The van der Waals surface area contributed by atoms with Gasteiger partial charge in [-0.2, -0.15) is 0 Å². The van der Waals surface area contributed by atoms with Crippen molar-refractivity contribution in [1.82, 2.24) is 9.13 Å². The Hall–Kier alpha value is -1.82. The van der Waals surface area contributed by atoms with Gasteiger partial charge in [-0.15, -0.1) is 0 Å². The molecule has 0 amide bonds. The van der Waals surface area contributed by atoms with Gasteiger partial charge < -0.3 is 9.88 Å². The summed E-state index contributed by atoms with van der Waals surface area (Å²) in [5.41, 5.74) is 2.01. The lowest BCUT2D eigenvalue weighted by atomic mass is 10.2. The van der Waals surface area contributed by atoms with Gasteiger partial charge in [-0.25, -0.2) is 4.79 Å². The molecule has 2 rings (SSSR count). The smallest absolute Gasteiger partial charge is 0.330 e. The van der Waals surface area contributed by atoms with Crippen LogP contribution in [0.1, 0.15) is 11.1 Å². The van der Waals surface area contributed by atoms with Gasteiger partial charge >= 0.3 is 5.69 Å². The second-order valence-corrected chi connectivity index (χ2v) is 5.60. The Morgan fingerprint density at radius 2 is 1.95 bits per heavy atom. The fourth-order valence-corrected chi connectivity index (χ4v) is 2.59. The van der Waals surface area contributed by atoms with Gasteiger partial charge in [0.1, 0.15) is 0 Å². The SMILES string of the molecule is Cc1ccc(NCc2cn(C)c(=O)n(C)c2=O)c(Br)c1. The highest BCUT2D eigenvalue weighted by Gasteiger charge is 2.07. The van der Waals surface area contributed by atoms with Gasteiger partial charge in [0.2, 0.25) is 0 Å². The quantitative estimate of drug-likeness (QED) is 0.928. The number of benzene rings is 1. The molecule has 1 heterocycles. The summed E-state index contributed by atoms with van der Waals surface area (Å²) in [5, 5.41) is 3.20. The minimum atomic E-state index is -0.324. The fraction of sp³-hybridized carbons (Fsp3) is 0.286. The topological polar surface area (TPSA) is 56.0 Å². The van der Waals surface area contributed by atoms with Crippen molar-refractivity contribution in [2.45, 2.75) is 13.5 Å². The van der Waals surface area contributed by atoms with Gasteiger partial charge in [-0.1, -0.05) is 6.07 Å². The van der Waals surface area contributed by atoms with Crippen LogP contribution < -0.4 is 16.6 Å². The van der Waals surface area contributed by atoms with Crippen LogP contribution in [0.25, 0.3) is 0 Å². The molecular formula is C14H16BrN3O2. The Labute approximate surface area is 125 Å². The summed E-state index contributed by atoms with van der Waals surface area (Å²) in [6.07, 6.45) is 1.57. The molecule has 106 valence electrons. The molecule has 0 spiro atoms. The van der Waals surface area contributed by atoms with Crippen LogP contribution in [0.4, 0.5) is 5.69 Å². The lowest BCUT2D eigenvalue weighted by Gasteiger charge is -2.10. The number of nitrogens with zero attached hydrogens (tertiary/aromatic N) is 2. The van der Waals surface area contributed by atoms with Gasteiger partial charge in [-0.3, -0.25) is 9.36 Å². The molecule has 2 aromatic rings. The third kappa shape index (κ3) is 2.85. The van der Waals surface area contributed by atoms with Crippen molar-refractivity contribution in [2.75, 3.05) is 5.32 Å². The molecule has 0 aliphatic carbocycles. The lowest BCUT2D eigenvalue weighted by molar-refractivity contribution is 0.671. The van der Waals surface area contributed by atoms with Crippen molar-refractivity contribution in [3.8, 4) is 0 Å². The predicted molar refractivity (Wildman–Crippen MR) is 83.1 cm³/mol. The molecule has 1 N–H and O–H groups in total. The van der Waals surface area contributed by atoms with E-state index in [4.69, 9.17) is 0 Å². The summed E-state index contributed by atoms with van der Waals surface area (Å²) in [4.78, 5) is 23.6. The van der Waals surface area contributed by atoms with Crippen LogP contribution in [0.3, 0.4) is 0 Å². The molecule has 0 unspecified atom stereocenters. The Balaban J connectivity index is 2.28. The zero-order chi connectivity index (χ0) is 14.9. The molecule has 0 radical (unpaired) electrons. The van der Waals surface area contributed by atoms with Crippen molar-refractivity contribution in [2.24, 2.45) is 14.1 Å². The zero-order valence-corrected chi connectivity index (χ0v) is 13.2. The monoisotopic (exact) mass is 337 g/mol. The lowest BCUT2D eigenvalue weighted by Crippen LogP contribution is -2.38. The van der Waals surface area contributed by atoms with Crippen LogP contribution in [-0.2, 0) is 20.6 Å². The molecule has 1 aromatic carbocycles. The second kappa shape index (κ2) is 5.66. The first-order chi connectivity index (χ1) is 9.40. The maximum Gasteiger partial charge on any atom is 0.330 e. The molecular weight excluding hydrogens is 322 g/mol. The van der Waals surface area contributed by atoms with E-state index in [0.29, 0.717) is 12.1 Å². The number of aromatic nitrogens is 2. The first kappa shape index (κ1) is 14.6. The Morgan fingerprint density at radius 3 is 2.60 bits per heavy atom. The van der Waals surface area contributed by atoms with Gasteiger partial charge in [-0.05, 0) is 40.5 Å². The molecule has 0 fully saturated rings. The van der Waals surface area contributed by atoms with E-state index in [1.54, 1.807) is 13.2 Å². The van der Waals surface area contributed by atoms with Crippen molar-refractivity contribution in [3.05, 3.63) is 60.8 Å². The van der Waals surface area contributed by atoms with Crippen LogP contribution in [0.15, 0.2) is 38.5 Å². The van der Waals surface area contributed by atoms with E-state index >= 15 is 0 Å². The first-order valence-electron chi connectivity index (χ1n) is 6.15. The Bertz CT molecular complexity index is 762. The fourth-order valence-electron chi connectivity index (χ4n) is 1.96. The van der Waals surface area contributed by atoms with Gasteiger partial charge in [0, 0.05) is 37.0 Å². The molecule has 0 bridgehead atoms. The predicted octanol–water partition coefficient (Wildman–Crippen LogP) is 1.77. The van der Waals surface area contributed by atoms with E-state index in [9.17, 15) is 9.59 Å². The van der Waals surface area contributed by atoms with Crippen molar-refractivity contribution < 1.29 is 0 Å². The van der Waals surface area contributed by atoms with Gasteiger partial charge in [0.25, 0.3) is 5.56 Å². The average Bonchev–Trinajstić information content (AvgIpc) is 2.40. The van der Waals surface area contributed by atoms with Gasteiger partial charge in [0.05, 0.1) is 5.56 Å². The minimum Gasteiger partial charge on any atom is -0.380 e. The Kier molecular flexibility index (Phi) is 4.13. The zero-order valence-electron chi connectivity index (χ0n) is 11.6. The molecule has 0 aliphatic heterocycles. The van der Waals surface area contributed by atoms with Crippen LogP contribution in [0.2, 0.25) is 0 Å². The number of halogens is 1. The highest BCUT2D eigenvalue weighted by atomic mass is 79.9. The molecule has 6 heteroatoms. The summed E-state index contributed by atoms with van der Waals surface area (Å²) < 4.78 is 3.46. The van der Waals surface area contributed by atoms with E-state index in [1.165, 1.54) is 11.6 Å². The summed E-state index contributed by atoms with van der Waals surface area (Å²) in [5.74, 6) is 0. The van der Waals surface area contributed by atoms with Crippen molar-refractivity contribution in [3.63, 3.8) is 0 Å². The summed E-state index contributed by atoms with van der Waals surface area (Å²) >= 11 is 3.48. The number of rotatable bonds is 3. The number of aryl methyl sites for hydroxylation is 2. The number of anilines is 1. The average molecular weight is 338 g/mol. The molecule has 0 aliphatic rings. The summed E-state index contributed by atoms with van der Waals surface area (Å²) in [6.45, 7) is 2.37. The molecule has 5 nitrogen and oxygen atoms in total. The third-order valence-electron chi connectivity index (χ3n) is 3.11. The van der Waals surface area contributed by atoms with E-state index in [0.717, 1.165) is 20.3 Å². The molecule has 20 heavy (non-hydrogen) atoms. The largest absolute Gasteiger partial charge is 0.380 e. The highest BCUT2D eigenvalue weighted by Crippen LogP contribution is 2.23. The van der Waals surface area contributed by atoms with E-state index in [1.807, 2.05) is 25.1 Å². The van der Waals surface area contributed by atoms with Crippen LogP contribution >= 0.6 is 15.9 Å². The highest BCUT2D eigenvalue weighted by molar-refractivity contribution is 9.10. The maximum atomic E-state index is 12.0. The molecule has 1 aromatic heterocycles. The second-order valence-electron chi connectivity index (χ2n) is 4.75. The first-order valence-corrected chi connectivity index (χ1v) is 6.95. The standard InChI is InChI=1S/C14H16BrN3O2/c1-9-4-5-12(11(15)6-9)16-7-10-8-17(2)14(20)18(3)13(10)19/h4-6,8,16H,7H2,1-3H3. The normalized spacial score (nSPS) is 10.6. The van der Waals surface area contributed by atoms with Crippen molar-refractivity contribution in [1.29, 1.82) is 0 Å². The molecule has 0 saturated carbocycles. The van der Waals surface area contributed by atoms with Crippen LogP contribution in [0, 0.1) is 6.92 Å². The number of nitrogens with one attached hydrogen (secondary N) is 1. The maximum absolute atomic E-state index is 12.0. The summed E-state index contributed by atoms with van der Waals surface area (Å²) in [6, 6.07) is 5.94. The van der Waals surface area contributed by atoms with Crippen LogP contribution in [-0.4, -0.2) is 9.13 Å². The number of hydrogen-bond donors (Lipinski definition) is 1. The molecule has 0 atom stereocenters. The van der Waals surface area contributed by atoms with Crippen LogP contribution in [0.5, 0.6) is 0 Å².